The van der Waals surface area contributed by atoms with Crippen molar-refractivity contribution in [2.24, 2.45) is 17.8 Å². The van der Waals surface area contributed by atoms with E-state index in [2.05, 4.69) is 4.72 Å². The number of hydrogen-bond donors (Lipinski definition) is 2. The molecular weight excluding hydrogens is 548 g/mol. The first-order valence-electron chi connectivity index (χ1n) is 13.3. The van der Waals surface area contributed by atoms with Gasteiger partial charge in [0, 0.05) is 6.54 Å². The number of alkyl halides is 6. The summed E-state index contributed by atoms with van der Waals surface area (Å²) in [5.74, 6) is -1.57. The molecule has 3 fully saturated rings. The van der Waals surface area contributed by atoms with Crippen LogP contribution in [-0.4, -0.2) is 79.4 Å². The molecule has 13 heteroatoms. The minimum atomic E-state index is -4.63. The second-order valence-electron chi connectivity index (χ2n) is 11.4. The van der Waals surface area contributed by atoms with Crippen molar-refractivity contribution < 1.29 is 39.9 Å². The number of piperidine rings is 1. The Morgan fingerprint density at radius 2 is 1.67 bits per heavy atom. The van der Waals surface area contributed by atoms with Gasteiger partial charge < -0.3 is 5.11 Å². The van der Waals surface area contributed by atoms with E-state index in [0.717, 1.165) is 23.1 Å². The number of fused-ring (bicyclic) bond motifs is 1. The zero-order valence-corrected chi connectivity index (χ0v) is 22.1. The molecule has 2 heterocycles. The molecule has 2 N–H and O–H groups in total. The van der Waals surface area contributed by atoms with Gasteiger partial charge in [-0.2, -0.15) is 43.8 Å². The highest BCUT2D eigenvalue weighted by Gasteiger charge is 2.60. The summed E-state index contributed by atoms with van der Waals surface area (Å²) in [5, 5.41) is 9.89. The lowest BCUT2D eigenvalue weighted by Gasteiger charge is -2.36. The van der Waals surface area contributed by atoms with Crippen molar-refractivity contribution in [3.05, 3.63) is 41.0 Å². The lowest BCUT2D eigenvalue weighted by atomic mass is 9.79. The van der Waals surface area contributed by atoms with E-state index in [1.807, 2.05) is 29.2 Å². The van der Waals surface area contributed by atoms with Crippen LogP contribution in [0.5, 0.6) is 0 Å². The summed E-state index contributed by atoms with van der Waals surface area (Å²) in [6.45, 7) is -1.44. The molecule has 1 aromatic rings. The van der Waals surface area contributed by atoms with Crippen LogP contribution in [-0.2, 0) is 23.1 Å². The standard InChI is InChI=1S/C26H33F6N3O3S/c27-25(28,29)16-35-15-24(33-39(35,37)38)21-4-5-22(24)13-19-11-17(1-3-18(19)12-21)2-6-23(14-36)34-9-7-20(8-10-34)26(30,31)32/h1-3,6,11,20-23,33,36H,4-5,7-10,12-16H2/b6-2+/t21-,22+,23?,24+/m0/s1. The maximum Gasteiger partial charge on any atom is 0.402 e. The highest BCUT2D eigenvalue weighted by Crippen LogP contribution is 2.50. The molecule has 0 radical (unpaired) electrons. The van der Waals surface area contributed by atoms with Crippen molar-refractivity contribution in [2.75, 3.05) is 32.8 Å². The number of benzene rings is 1. The quantitative estimate of drug-likeness (QED) is 0.518. The van der Waals surface area contributed by atoms with Crippen molar-refractivity contribution in [3.63, 3.8) is 0 Å². The average Bonchev–Trinajstić information content (AvgIpc) is 3.23. The molecule has 4 aliphatic rings. The molecule has 5 rings (SSSR count). The molecule has 1 spiro atoms. The molecule has 0 amide bonds. The summed E-state index contributed by atoms with van der Waals surface area (Å²) >= 11 is 0. The number of nitrogens with one attached hydrogen (secondary N) is 1. The molecule has 1 unspecified atom stereocenters. The fraction of sp³-hybridized carbons (Fsp3) is 0.692. The Hall–Kier alpha value is -1.67. The summed E-state index contributed by atoms with van der Waals surface area (Å²) in [6.07, 6.45) is -2.66. The van der Waals surface area contributed by atoms with Crippen LogP contribution >= 0.6 is 0 Å². The molecule has 1 saturated carbocycles. The summed E-state index contributed by atoms with van der Waals surface area (Å²) < 4.78 is 107. The third kappa shape index (κ3) is 5.88. The SMILES string of the molecule is O=S1(=O)N[C@@]2(CN1CC(F)(F)F)[C@@H]1CC[C@H]2Cc2ccc(/C=C/C(CO)N3CCC(C(F)(F)F)CC3)cc2C1. The van der Waals surface area contributed by atoms with Gasteiger partial charge in [0.05, 0.1) is 24.1 Å². The summed E-state index contributed by atoms with van der Waals surface area (Å²) in [7, 11) is -4.25. The lowest BCUT2D eigenvalue weighted by Crippen LogP contribution is -2.52. The van der Waals surface area contributed by atoms with Gasteiger partial charge in [-0.15, -0.1) is 0 Å². The lowest BCUT2D eigenvalue weighted by molar-refractivity contribution is -0.185. The van der Waals surface area contributed by atoms with Crippen LogP contribution in [0.15, 0.2) is 24.3 Å². The van der Waals surface area contributed by atoms with Gasteiger partial charge in [0.1, 0.15) is 6.54 Å². The van der Waals surface area contributed by atoms with E-state index in [9.17, 15) is 39.9 Å². The number of hydrogen-bond acceptors (Lipinski definition) is 4. The second kappa shape index (κ2) is 10.3. The fourth-order valence-electron chi connectivity index (χ4n) is 7.05. The van der Waals surface area contributed by atoms with Gasteiger partial charge in [-0.3, -0.25) is 4.90 Å². The Morgan fingerprint density at radius 3 is 2.26 bits per heavy atom. The maximum atomic E-state index is 13.1. The van der Waals surface area contributed by atoms with Crippen LogP contribution in [0.4, 0.5) is 26.3 Å². The van der Waals surface area contributed by atoms with Crippen LogP contribution in [0.25, 0.3) is 6.08 Å². The topological polar surface area (TPSA) is 72.9 Å². The third-order valence-electron chi connectivity index (χ3n) is 9.10. The van der Waals surface area contributed by atoms with E-state index >= 15 is 0 Å². The van der Waals surface area contributed by atoms with Crippen LogP contribution in [0.3, 0.4) is 0 Å². The van der Waals surface area contributed by atoms with Gasteiger partial charge in [-0.25, -0.2) is 0 Å². The average molecular weight is 582 g/mol. The number of halogens is 6. The Kier molecular flexibility index (Phi) is 7.62. The van der Waals surface area contributed by atoms with Crippen molar-refractivity contribution in [2.45, 2.75) is 62.5 Å². The minimum absolute atomic E-state index is 0.00114. The molecule has 2 aliphatic carbocycles. The number of rotatable bonds is 5. The number of aliphatic hydroxyl groups excluding tert-OH is 1. The Morgan fingerprint density at radius 1 is 1.03 bits per heavy atom. The molecule has 0 aromatic heterocycles. The predicted molar refractivity (Wildman–Crippen MR) is 133 cm³/mol. The van der Waals surface area contributed by atoms with Gasteiger partial charge in [0.15, 0.2) is 0 Å². The molecule has 1 aromatic carbocycles. The summed E-state index contributed by atoms with van der Waals surface area (Å²) in [5.41, 5.74) is 1.96. The zero-order chi connectivity index (χ0) is 28.2. The predicted octanol–water partition coefficient (Wildman–Crippen LogP) is 3.91. The Bertz CT molecular complexity index is 1200. The molecular formula is C26H33F6N3O3S. The number of nitrogens with zero attached hydrogens (tertiary/aromatic N) is 2. The molecule has 2 aliphatic heterocycles. The van der Waals surface area contributed by atoms with Crippen molar-refractivity contribution in [3.8, 4) is 0 Å². The highest BCUT2D eigenvalue weighted by atomic mass is 32.2. The first-order valence-corrected chi connectivity index (χ1v) is 14.7. The van der Waals surface area contributed by atoms with Crippen molar-refractivity contribution >= 4 is 16.3 Å². The largest absolute Gasteiger partial charge is 0.402 e. The van der Waals surface area contributed by atoms with Crippen LogP contribution < -0.4 is 4.72 Å². The van der Waals surface area contributed by atoms with Crippen LogP contribution in [0.2, 0.25) is 0 Å². The van der Waals surface area contributed by atoms with Gasteiger partial charge in [-0.05, 0) is 80.1 Å². The van der Waals surface area contributed by atoms with Crippen LogP contribution in [0, 0.1) is 17.8 Å². The van der Waals surface area contributed by atoms with E-state index in [-0.39, 0.29) is 50.9 Å². The highest BCUT2D eigenvalue weighted by molar-refractivity contribution is 7.87. The number of aliphatic hydroxyl groups is 1. The second-order valence-corrected chi connectivity index (χ2v) is 13.1. The normalized spacial score (nSPS) is 31.2. The molecule has 4 atom stereocenters. The Labute approximate surface area is 224 Å². The first-order chi connectivity index (χ1) is 18.2. The van der Waals surface area contributed by atoms with E-state index in [1.54, 1.807) is 6.08 Å². The van der Waals surface area contributed by atoms with Crippen molar-refractivity contribution in [1.82, 2.24) is 13.9 Å². The van der Waals surface area contributed by atoms with Crippen molar-refractivity contribution in [1.29, 1.82) is 0 Å². The maximum absolute atomic E-state index is 13.1. The molecule has 39 heavy (non-hydrogen) atoms. The van der Waals surface area contributed by atoms with Gasteiger partial charge in [0.25, 0.3) is 10.2 Å². The van der Waals surface area contributed by atoms with E-state index < -0.39 is 46.6 Å². The van der Waals surface area contributed by atoms with E-state index in [0.29, 0.717) is 23.6 Å². The monoisotopic (exact) mass is 581 g/mol. The summed E-state index contributed by atoms with van der Waals surface area (Å²) in [6, 6.07) is 5.44. The summed E-state index contributed by atoms with van der Waals surface area (Å²) in [4.78, 5) is 1.85. The molecule has 6 nitrogen and oxygen atoms in total. The van der Waals surface area contributed by atoms with E-state index in [1.165, 1.54) is 0 Å². The minimum Gasteiger partial charge on any atom is -0.394 e. The molecule has 218 valence electrons. The first kappa shape index (κ1) is 28.8. The third-order valence-corrected chi connectivity index (χ3v) is 10.7. The smallest absolute Gasteiger partial charge is 0.394 e. The van der Waals surface area contributed by atoms with Gasteiger partial charge >= 0.3 is 12.4 Å². The number of likely N-dealkylation sites (tertiary alicyclic amines) is 1. The molecule has 2 saturated heterocycles. The van der Waals surface area contributed by atoms with Crippen LogP contribution in [0.1, 0.15) is 42.4 Å². The zero-order valence-electron chi connectivity index (χ0n) is 21.3. The Balaban J connectivity index is 1.30. The fourth-order valence-corrected chi connectivity index (χ4v) is 8.75. The van der Waals surface area contributed by atoms with Gasteiger partial charge in [-0.1, -0.05) is 30.4 Å². The van der Waals surface area contributed by atoms with Gasteiger partial charge in [0.2, 0.25) is 0 Å². The van der Waals surface area contributed by atoms with E-state index in [4.69, 9.17) is 0 Å². The molecule has 2 bridgehead atoms.